The number of aromatic nitrogens is 2. The van der Waals surface area contributed by atoms with Crippen LogP contribution in [0, 0.1) is 5.92 Å². The van der Waals surface area contributed by atoms with Crippen LogP contribution in [-0.4, -0.2) is 40.1 Å². The van der Waals surface area contributed by atoms with Crippen molar-refractivity contribution in [1.29, 1.82) is 0 Å². The van der Waals surface area contributed by atoms with Crippen molar-refractivity contribution < 1.29 is 9.32 Å². The van der Waals surface area contributed by atoms with Crippen LogP contribution >= 0.6 is 24.8 Å². The Morgan fingerprint density at radius 1 is 1.46 bits per heavy atom. The van der Waals surface area contributed by atoms with E-state index in [1.165, 1.54) is 0 Å². The topological polar surface area (TPSA) is 85.2 Å². The lowest BCUT2D eigenvalue weighted by atomic mass is 9.92. The molecule has 3 rings (SSSR count). The number of halogens is 2. The number of hydrogen-bond donors (Lipinski definition) is 1. The van der Waals surface area contributed by atoms with Crippen LogP contribution in [0.25, 0.3) is 11.3 Å². The van der Waals surface area contributed by atoms with E-state index in [-0.39, 0.29) is 36.8 Å². The van der Waals surface area contributed by atoms with Crippen molar-refractivity contribution in [1.82, 2.24) is 15.0 Å². The lowest BCUT2D eigenvalue weighted by Gasteiger charge is -2.34. The highest BCUT2D eigenvalue weighted by Gasteiger charge is 2.28. The molecule has 0 radical (unpaired) electrons. The fraction of sp³-hybridized carbons (Fsp3) is 0.438. The van der Waals surface area contributed by atoms with Crippen molar-refractivity contribution in [2.45, 2.75) is 25.8 Å². The molecule has 1 fully saturated rings. The molecule has 0 bridgehead atoms. The molecule has 132 valence electrons. The number of piperidine rings is 1. The predicted octanol–water partition coefficient (Wildman–Crippen LogP) is 2.78. The van der Waals surface area contributed by atoms with E-state index in [0.717, 1.165) is 24.9 Å². The predicted molar refractivity (Wildman–Crippen MR) is 96.5 cm³/mol. The van der Waals surface area contributed by atoms with Crippen LogP contribution < -0.4 is 5.73 Å². The molecule has 2 aromatic heterocycles. The molecule has 0 saturated carbocycles. The van der Waals surface area contributed by atoms with Gasteiger partial charge in [-0.1, -0.05) is 5.16 Å². The zero-order valence-corrected chi connectivity index (χ0v) is 15.1. The Balaban J connectivity index is 0.00000144. The molecule has 3 heterocycles. The van der Waals surface area contributed by atoms with Gasteiger partial charge in [-0.15, -0.1) is 24.8 Å². The Hall–Kier alpha value is -1.63. The van der Waals surface area contributed by atoms with Crippen LogP contribution in [0.2, 0.25) is 0 Å². The van der Waals surface area contributed by atoms with Gasteiger partial charge >= 0.3 is 0 Å². The molecule has 8 heteroatoms. The third kappa shape index (κ3) is 4.47. The van der Waals surface area contributed by atoms with Crippen LogP contribution in [-0.2, 0) is 0 Å². The number of pyridine rings is 1. The Bertz CT molecular complexity index is 649. The average Bonchev–Trinajstić information content (AvgIpc) is 3.05. The number of carbonyl (C=O) groups is 1. The summed E-state index contributed by atoms with van der Waals surface area (Å²) in [6, 6.07) is 5.46. The molecule has 2 atom stereocenters. The van der Waals surface area contributed by atoms with Gasteiger partial charge < -0.3 is 15.2 Å². The standard InChI is InChI=1S/C16H20N4O2.2ClH/c1-11(17)13-5-3-7-20(10-13)16(21)14-8-15(22-19-14)12-4-2-6-18-9-12;;/h2,4,6,8-9,11,13H,3,5,7,10,17H2,1H3;2*1H. The number of nitrogens with zero attached hydrogens (tertiary/aromatic N) is 3. The first kappa shape index (κ1) is 20.4. The monoisotopic (exact) mass is 372 g/mol. The fourth-order valence-electron chi connectivity index (χ4n) is 2.81. The molecular formula is C16H22Cl2N4O2. The minimum Gasteiger partial charge on any atom is -0.355 e. The van der Waals surface area contributed by atoms with Gasteiger partial charge in [-0.3, -0.25) is 9.78 Å². The van der Waals surface area contributed by atoms with Gasteiger partial charge in [-0.05, 0) is 37.8 Å². The molecule has 1 saturated heterocycles. The van der Waals surface area contributed by atoms with E-state index in [1.54, 1.807) is 18.5 Å². The van der Waals surface area contributed by atoms with Gasteiger partial charge in [0.2, 0.25) is 0 Å². The minimum absolute atomic E-state index is 0. The maximum atomic E-state index is 12.6. The molecule has 6 nitrogen and oxygen atoms in total. The van der Waals surface area contributed by atoms with Crippen LogP contribution in [0.15, 0.2) is 35.1 Å². The largest absolute Gasteiger partial charge is 0.355 e. The summed E-state index contributed by atoms with van der Waals surface area (Å²) in [4.78, 5) is 18.4. The van der Waals surface area contributed by atoms with Crippen LogP contribution in [0.3, 0.4) is 0 Å². The summed E-state index contributed by atoms with van der Waals surface area (Å²) in [5, 5.41) is 3.91. The van der Waals surface area contributed by atoms with Gasteiger partial charge in [0.05, 0.1) is 0 Å². The average molecular weight is 373 g/mol. The Labute approximate surface area is 153 Å². The first-order valence-electron chi connectivity index (χ1n) is 7.57. The second-order valence-corrected chi connectivity index (χ2v) is 5.83. The third-order valence-corrected chi connectivity index (χ3v) is 4.16. The van der Waals surface area contributed by atoms with Gasteiger partial charge in [0.1, 0.15) is 0 Å². The van der Waals surface area contributed by atoms with Crippen molar-refractivity contribution in [2.24, 2.45) is 11.7 Å². The van der Waals surface area contributed by atoms with Gasteiger partial charge in [0.15, 0.2) is 11.5 Å². The van der Waals surface area contributed by atoms with Crippen molar-refractivity contribution in [3.05, 3.63) is 36.3 Å². The molecule has 0 aliphatic carbocycles. The summed E-state index contributed by atoms with van der Waals surface area (Å²) in [5.74, 6) is 0.809. The smallest absolute Gasteiger partial charge is 0.276 e. The highest BCUT2D eigenvalue weighted by Crippen LogP contribution is 2.23. The SMILES string of the molecule is CC(N)C1CCCN(C(=O)c2cc(-c3cccnc3)on2)C1.Cl.Cl. The molecule has 2 N–H and O–H groups in total. The molecule has 2 aromatic rings. The van der Waals surface area contributed by atoms with E-state index in [9.17, 15) is 4.79 Å². The van der Waals surface area contributed by atoms with Gasteiger partial charge in [0, 0.05) is 43.2 Å². The maximum absolute atomic E-state index is 12.6. The van der Waals surface area contributed by atoms with Gasteiger partial charge in [-0.25, -0.2) is 0 Å². The normalized spacial score (nSPS) is 18.2. The number of nitrogens with two attached hydrogens (primary N) is 1. The van der Waals surface area contributed by atoms with E-state index >= 15 is 0 Å². The second-order valence-electron chi connectivity index (χ2n) is 5.83. The van der Waals surface area contributed by atoms with Crippen LogP contribution in [0.5, 0.6) is 0 Å². The summed E-state index contributed by atoms with van der Waals surface area (Å²) in [6.45, 7) is 3.43. The first-order chi connectivity index (χ1) is 10.6. The lowest BCUT2D eigenvalue weighted by molar-refractivity contribution is 0.0650. The Morgan fingerprint density at radius 2 is 2.25 bits per heavy atom. The molecule has 24 heavy (non-hydrogen) atoms. The van der Waals surface area contributed by atoms with E-state index in [2.05, 4.69) is 10.1 Å². The van der Waals surface area contributed by atoms with Crippen LogP contribution in [0.4, 0.5) is 0 Å². The van der Waals surface area contributed by atoms with Crippen molar-refractivity contribution in [2.75, 3.05) is 13.1 Å². The number of carbonyl (C=O) groups excluding carboxylic acids is 1. The van der Waals surface area contributed by atoms with E-state index in [1.807, 2.05) is 24.0 Å². The summed E-state index contributed by atoms with van der Waals surface area (Å²) >= 11 is 0. The molecule has 1 amide bonds. The lowest BCUT2D eigenvalue weighted by Crippen LogP contribution is -2.45. The highest BCUT2D eigenvalue weighted by atomic mass is 35.5. The van der Waals surface area contributed by atoms with E-state index in [4.69, 9.17) is 10.3 Å². The summed E-state index contributed by atoms with van der Waals surface area (Å²) < 4.78 is 5.27. The molecule has 2 unspecified atom stereocenters. The number of hydrogen-bond acceptors (Lipinski definition) is 5. The summed E-state index contributed by atoms with van der Waals surface area (Å²) in [7, 11) is 0. The first-order valence-corrected chi connectivity index (χ1v) is 7.57. The highest BCUT2D eigenvalue weighted by molar-refractivity contribution is 5.93. The summed E-state index contributed by atoms with van der Waals surface area (Å²) in [6.07, 6.45) is 5.42. The minimum atomic E-state index is -0.0933. The third-order valence-electron chi connectivity index (χ3n) is 4.16. The van der Waals surface area contributed by atoms with E-state index < -0.39 is 0 Å². The van der Waals surface area contributed by atoms with Gasteiger partial charge in [-0.2, -0.15) is 0 Å². The maximum Gasteiger partial charge on any atom is 0.276 e. The molecule has 0 spiro atoms. The second kappa shape index (κ2) is 9.01. The van der Waals surface area contributed by atoms with Crippen molar-refractivity contribution >= 4 is 30.7 Å². The van der Waals surface area contributed by atoms with Gasteiger partial charge in [0.25, 0.3) is 5.91 Å². The zero-order chi connectivity index (χ0) is 15.5. The van der Waals surface area contributed by atoms with Crippen molar-refractivity contribution in [3.63, 3.8) is 0 Å². The van der Waals surface area contributed by atoms with E-state index in [0.29, 0.717) is 23.9 Å². The molecule has 0 aromatic carbocycles. The molecular weight excluding hydrogens is 351 g/mol. The number of likely N-dealkylation sites (tertiary alicyclic amines) is 1. The molecule has 1 aliphatic rings. The number of rotatable bonds is 3. The Morgan fingerprint density at radius 3 is 2.92 bits per heavy atom. The Kier molecular flexibility index (Phi) is 7.66. The molecule has 1 aliphatic heterocycles. The zero-order valence-electron chi connectivity index (χ0n) is 13.4. The quantitative estimate of drug-likeness (QED) is 0.894. The number of amides is 1. The summed E-state index contributed by atoms with van der Waals surface area (Å²) in [5.41, 5.74) is 7.11. The fourth-order valence-corrected chi connectivity index (χ4v) is 2.81. The van der Waals surface area contributed by atoms with Crippen LogP contribution in [0.1, 0.15) is 30.3 Å². The van der Waals surface area contributed by atoms with Crippen molar-refractivity contribution in [3.8, 4) is 11.3 Å².